The predicted molar refractivity (Wildman–Crippen MR) is 112 cm³/mol. The second-order valence-electron chi connectivity index (χ2n) is 9.46. The molecule has 0 unspecified atom stereocenters. The number of piperazine rings is 1. The molecule has 158 valence electrons. The fourth-order valence-corrected chi connectivity index (χ4v) is 4.86. The fraction of sp³-hybridized carbons (Fsp3) is 0.818. The SMILES string of the molecule is C=C(C)N1CCN(CCC(=O)N2CCC3(CC2)CC(NC(=O)C(C)C)C3)CC1. The van der Waals surface area contributed by atoms with E-state index in [0.717, 1.165) is 77.2 Å². The third kappa shape index (κ3) is 5.07. The molecule has 1 saturated carbocycles. The van der Waals surface area contributed by atoms with E-state index >= 15 is 0 Å². The second kappa shape index (κ2) is 8.85. The van der Waals surface area contributed by atoms with Gasteiger partial charge in [0.05, 0.1) is 0 Å². The van der Waals surface area contributed by atoms with E-state index in [1.54, 1.807) is 0 Å². The smallest absolute Gasteiger partial charge is 0.223 e. The van der Waals surface area contributed by atoms with Crippen molar-refractivity contribution in [1.82, 2.24) is 20.0 Å². The Morgan fingerprint density at radius 1 is 1.04 bits per heavy atom. The molecule has 3 rings (SSSR count). The maximum atomic E-state index is 12.6. The lowest BCUT2D eigenvalue weighted by Crippen LogP contribution is -2.56. The van der Waals surface area contributed by atoms with Crippen LogP contribution in [0.5, 0.6) is 0 Å². The lowest BCUT2D eigenvalue weighted by atomic mass is 9.60. The number of likely N-dealkylation sites (tertiary alicyclic amines) is 1. The van der Waals surface area contributed by atoms with E-state index in [2.05, 4.69) is 33.5 Å². The van der Waals surface area contributed by atoms with Crippen molar-refractivity contribution in [2.45, 2.75) is 58.9 Å². The van der Waals surface area contributed by atoms with Gasteiger partial charge >= 0.3 is 0 Å². The van der Waals surface area contributed by atoms with Gasteiger partial charge in [-0.25, -0.2) is 0 Å². The zero-order chi connectivity index (χ0) is 20.3. The van der Waals surface area contributed by atoms with E-state index in [1.165, 1.54) is 0 Å². The van der Waals surface area contributed by atoms with Crippen LogP contribution in [0.2, 0.25) is 0 Å². The van der Waals surface area contributed by atoms with Crippen molar-refractivity contribution in [1.29, 1.82) is 0 Å². The van der Waals surface area contributed by atoms with Gasteiger partial charge in [-0.1, -0.05) is 20.4 Å². The molecule has 3 fully saturated rings. The predicted octanol–water partition coefficient (Wildman–Crippen LogP) is 2.07. The number of rotatable bonds is 6. The summed E-state index contributed by atoms with van der Waals surface area (Å²) in [5.74, 6) is 0.525. The minimum absolute atomic E-state index is 0.0554. The first kappa shape index (κ1) is 21.2. The number of piperidine rings is 1. The monoisotopic (exact) mass is 390 g/mol. The molecule has 3 aliphatic rings. The number of nitrogens with zero attached hydrogens (tertiary/aromatic N) is 3. The van der Waals surface area contributed by atoms with Crippen LogP contribution in [-0.2, 0) is 9.59 Å². The molecule has 6 nitrogen and oxygen atoms in total. The standard InChI is InChI=1S/C22H38N4O2/c1-17(2)21(28)23-19-15-22(16-19)6-9-26(10-7-22)20(27)5-8-24-11-13-25(14-12-24)18(3)4/h17,19H,3,5-16H2,1-2,4H3,(H,23,28). The van der Waals surface area contributed by atoms with E-state index in [0.29, 0.717) is 23.8 Å². The molecule has 2 amide bonds. The largest absolute Gasteiger partial charge is 0.373 e. The summed E-state index contributed by atoms with van der Waals surface area (Å²) in [5.41, 5.74) is 1.50. The van der Waals surface area contributed by atoms with Gasteiger partial charge in [-0.3, -0.25) is 14.5 Å². The van der Waals surface area contributed by atoms with Gasteiger partial charge in [0.15, 0.2) is 0 Å². The second-order valence-corrected chi connectivity index (χ2v) is 9.46. The number of hydrogen-bond acceptors (Lipinski definition) is 4. The fourth-order valence-electron chi connectivity index (χ4n) is 4.86. The van der Waals surface area contributed by atoms with Crippen molar-refractivity contribution in [3.63, 3.8) is 0 Å². The summed E-state index contributed by atoms with van der Waals surface area (Å²) in [6.45, 7) is 16.7. The summed E-state index contributed by atoms with van der Waals surface area (Å²) >= 11 is 0. The van der Waals surface area contributed by atoms with Crippen LogP contribution < -0.4 is 5.32 Å². The van der Waals surface area contributed by atoms with E-state index in [9.17, 15) is 9.59 Å². The Morgan fingerprint density at radius 2 is 1.64 bits per heavy atom. The first-order valence-electron chi connectivity index (χ1n) is 11.0. The van der Waals surface area contributed by atoms with Gasteiger partial charge in [-0.2, -0.15) is 0 Å². The zero-order valence-electron chi connectivity index (χ0n) is 18.0. The average molecular weight is 391 g/mol. The van der Waals surface area contributed by atoms with Crippen LogP contribution in [0.15, 0.2) is 12.3 Å². The van der Waals surface area contributed by atoms with Crippen LogP contribution in [-0.4, -0.2) is 78.4 Å². The number of nitrogens with one attached hydrogen (secondary N) is 1. The summed E-state index contributed by atoms with van der Waals surface area (Å²) in [7, 11) is 0. The molecular weight excluding hydrogens is 352 g/mol. The van der Waals surface area contributed by atoms with E-state index < -0.39 is 0 Å². The van der Waals surface area contributed by atoms with Crippen molar-refractivity contribution in [2.24, 2.45) is 11.3 Å². The summed E-state index contributed by atoms with van der Waals surface area (Å²) in [5, 5.41) is 3.15. The molecule has 0 aromatic heterocycles. The van der Waals surface area contributed by atoms with Crippen LogP contribution in [0.1, 0.15) is 52.9 Å². The van der Waals surface area contributed by atoms with Gasteiger partial charge in [0.1, 0.15) is 0 Å². The molecule has 1 aliphatic carbocycles. The Bertz CT molecular complexity index is 579. The third-order valence-electron chi connectivity index (χ3n) is 6.96. The molecule has 28 heavy (non-hydrogen) atoms. The molecule has 0 radical (unpaired) electrons. The molecular formula is C22H38N4O2. The van der Waals surface area contributed by atoms with E-state index in [4.69, 9.17) is 0 Å². The average Bonchev–Trinajstić information content (AvgIpc) is 2.65. The highest BCUT2D eigenvalue weighted by atomic mass is 16.2. The molecule has 1 N–H and O–H groups in total. The molecule has 2 saturated heterocycles. The molecule has 0 atom stereocenters. The normalized spacial score (nSPS) is 23.0. The Labute approximate surface area is 170 Å². The van der Waals surface area contributed by atoms with Gasteiger partial charge in [0.2, 0.25) is 11.8 Å². The number of carbonyl (C=O) groups is 2. The summed E-state index contributed by atoms with van der Waals surface area (Å²) in [6, 6.07) is 0.343. The van der Waals surface area contributed by atoms with Crippen molar-refractivity contribution < 1.29 is 9.59 Å². The Hall–Kier alpha value is -1.56. The molecule has 2 aliphatic heterocycles. The maximum absolute atomic E-state index is 12.6. The summed E-state index contributed by atoms with van der Waals surface area (Å²) < 4.78 is 0. The van der Waals surface area contributed by atoms with E-state index in [1.807, 2.05) is 13.8 Å². The first-order valence-corrected chi connectivity index (χ1v) is 11.0. The van der Waals surface area contributed by atoms with Crippen molar-refractivity contribution in [2.75, 3.05) is 45.8 Å². The van der Waals surface area contributed by atoms with Crippen LogP contribution in [0.3, 0.4) is 0 Å². The Kier molecular flexibility index (Phi) is 6.69. The minimum Gasteiger partial charge on any atom is -0.373 e. The zero-order valence-corrected chi connectivity index (χ0v) is 18.0. The third-order valence-corrected chi connectivity index (χ3v) is 6.96. The quantitative estimate of drug-likeness (QED) is 0.754. The van der Waals surface area contributed by atoms with Gasteiger partial charge in [-0.15, -0.1) is 0 Å². The van der Waals surface area contributed by atoms with Crippen molar-refractivity contribution in [3.05, 3.63) is 12.3 Å². The number of hydrogen-bond donors (Lipinski definition) is 1. The highest BCUT2D eigenvalue weighted by Crippen LogP contribution is 2.49. The summed E-state index contributed by atoms with van der Waals surface area (Å²) in [4.78, 5) is 31.3. The van der Waals surface area contributed by atoms with Gasteiger partial charge in [0, 0.05) is 69.9 Å². The lowest BCUT2D eigenvalue weighted by molar-refractivity contribution is -0.135. The Morgan fingerprint density at radius 3 is 2.18 bits per heavy atom. The van der Waals surface area contributed by atoms with Crippen LogP contribution in [0, 0.1) is 11.3 Å². The molecule has 0 bridgehead atoms. The van der Waals surface area contributed by atoms with Gasteiger partial charge < -0.3 is 15.1 Å². The van der Waals surface area contributed by atoms with Gasteiger partial charge in [0.25, 0.3) is 0 Å². The highest BCUT2D eigenvalue weighted by Gasteiger charge is 2.46. The van der Waals surface area contributed by atoms with Crippen LogP contribution in [0.25, 0.3) is 0 Å². The molecule has 2 heterocycles. The molecule has 1 spiro atoms. The molecule has 0 aromatic rings. The Balaban J connectivity index is 1.33. The number of allylic oxidation sites excluding steroid dienone is 1. The lowest BCUT2D eigenvalue weighted by Gasteiger charge is -2.52. The van der Waals surface area contributed by atoms with E-state index in [-0.39, 0.29) is 11.8 Å². The molecule has 0 aromatic carbocycles. The van der Waals surface area contributed by atoms with Crippen LogP contribution in [0.4, 0.5) is 0 Å². The van der Waals surface area contributed by atoms with Crippen molar-refractivity contribution in [3.8, 4) is 0 Å². The number of carbonyl (C=O) groups excluding carboxylic acids is 2. The summed E-state index contributed by atoms with van der Waals surface area (Å²) in [6.07, 6.45) is 4.97. The number of amides is 2. The highest BCUT2D eigenvalue weighted by molar-refractivity contribution is 5.78. The first-order chi connectivity index (χ1) is 13.3. The molecule has 6 heteroatoms. The topological polar surface area (TPSA) is 55.9 Å². The van der Waals surface area contributed by atoms with Gasteiger partial charge in [-0.05, 0) is 38.0 Å². The van der Waals surface area contributed by atoms with Crippen LogP contribution >= 0.6 is 0 Å². The minimum atomic E-state index is 0.0554. The maximum Gasteiger partial charge on any atom is 0.223 e. The van der Waals surface area contributed by atoms with Crippen molar-refractivity contribution >= 4 is 11.8 Å².